The van der Waals surface area contributed by atoms with Crippen LogP contribution in [0.25, 0.3) is 0 Å². The summed E-state index contributed by atoms with van der Waals surface area (Å²) in [4.78, 5) is 61.8. The van der Waals surface area contributed by atoms with Gasteiger partial charge in [0.05, 0.1) is 19.0 Å². The highest BCUT2D eigenvalue weighted by Crippen LogP contribution is 2.00. The molecule has 3 atom stereocenters. The third-order valence-corrected chi connectivity index (χ3v) is 3.94. The third kappa shape index (κ3) is 11.7. The Morgan fingerprint density at radius 1 is 1.00 bits per heavy atom. The predicted octanol–water partition coefficient (Wildman–Crippen LogP) is -4.66. The highest BCUT2D eigenvalue weighted by molar-refractivity contribution is 7.80. The van der Waals surface area contributed by atoms with E-state index in [-0.39, 0.29) is 24.7 Å². The number of hydrogen-bond donors (Lipinski definition) is 9. The number of aliphatic imine (C=N–C) groups is 1. The third-order valence-electron chi connectivity index (χ3n) is 3.58. The first-order valence-electron chi connectivity index (χ1n) is 8.78. The average molecular weight is 449 g/mol. The lowest BCUT2D eigenvalue weighted by Crippen LogP contribution is -2.54. The number of carboxylic acids is 1. The Morgan fingerprint density at radius 2 is 1.63 bits per heavy atom. The summed E-state index contributed by atoms with van der Waals surface area (Å²) < 4.78 is 0. The molecule has 3 unspecified atom stereocenters. The second-order valence-electron chi connectivity index (χ2n) is 6.15. The smallest absolute Gasteiger partial charge is 0.327 e. The fourth-order valence-corrected chi connectivity index (χ4v) is 2.33. The lowest BCUT2D eigenvalue weighted by Gasteiger charge is -2.20. The Morgan fingerprint density at radius 3 is 2.13 bits per heavy atom. The zero-order valence-electron chi connectivity index (χ0n) is 16.2. The summed E-state index contributed by atoms with van der Waals surface area (Å²) in [6.45, 7) is -0.359. The van der Waals surface area contributed by atoms with Gasteiger partial charge in [0.15, 0.2) is 5.96 Å². The van der Waals surface area contributed by atoms with E-state index >= 15 is 0 Å². The molecule has 0 heterocycles. The number of amides is 4. The zero-order chi connectivity index (χ0) is 23.3. The maximum Gasteiger partial charge on any atom is 0.327 e. The van der Waals surface area contributed by atoms with Crippen LogP contribution in [0.3, 0.4) is 0 Å². The monoisotopic (exact) mass is 448 g/mol. The van der Waals surface area contributed by atoms with E-state index in [1.54, 1.807) is 0 Å². The van der Waals surface area contributed by atoms with Gasteiger partial charge in [-0.05, 0) is 12.8 Å². The molecule has 0 spiro atoms. The number of guanidine groups is 1. The summed E-state index contributed by atoms with van der Waals surface area (Å²) in [5.74, 6) is -4.64. The minimum absolute atomic E-state index is 0.0909. The first-order chi connectivity index (χ1) is 14.0. The molecule has 4 amide bonds. The number of nitrogens with two attached hydrogens (primary N) is 4. The molecule has 0 rings (SSSR count). The molecule has 0 aliphatic heterocycles. The van der Waals surface area contributed by atoms with E-state index in [9.17, 15) is 24.0 Å². The maximum atomic E-state index is 12.4. The van der Waals surface area contributed by atoms with Crippen molar-refractivity contribution in [2.45, 2.75) is 37.4 Å². The lowest BCUT2D eigenvalue weighted by molar-refractivity contribution is -0.141. The van der Waals surface area contributed by atoms with Crippen LogP contribution < -0.4 is 38.9 Å². The number of carbonyl (C=O) groups is 5. The van der Waals surface area contributed by atoms with Crippen LogP contribution in [-0.2, 0) is 24.0 Å². The van der Waals surface area contributed by atoms with Gasteiger partial charge in [0.25, 0.3) is 0 Å². The summed E-state index contributed by atoms with van der Waals surface area (Å²) in [5.41, 5.74) is 21.0. The van der Waals surface area contributed by atoms with E-state index in [1.807, 2.05) is 0 Å². The Hall–Kier alpha value is -3.07. The molecule has 0 aliphatic rings. The second kappa shape index (κ2) is 14.0. The molecule has 0 aromatic rings. The first-order valence-corrected chi connectivity index (χ1v) is 9.41. The fourth-order valence-electron chi connectivity index (χ4n) is 2.08. The van der Waals surface area contributed by atoms with Gasteiger partial charge in [-0.15, -0.1) is 0 Å². The molecule has 170 valence electrons. The van der Waals surface area contributed by atoms with Gasteiger partial charge in [-0.3, -0.25) is 24.2 Å². The van der Waals surface area contributed by atoms with Crippen LogP contribution >= 0.6 is 12.6 Å². The van der Waals surface area contributed by atoms with Crippen LogP contribution in [0.4, 0.5) is 0 Å². The highest BCUT2D eigenvalue weighted by Gasteiger charge is 2.25. The number of hydrogen-bond acceptors (Lipinski definition) is 8. The molecule has 0 saturated heterocycles. The molecule has 0 saturated carbocycles. The molecule has 0 aromatic carbocycles. The fraction of sp³-hybridized carbons (Fsp3) is 0.600. The number of carboxylic acid groups (broad SMARTS) is 1. The van der Waals surface area contributed by atoms with Crippen molar-refractivity contribution in [3.63, 3.8) is 0 Å². The molecule has 0 aliphatic carbocycles. The van der Waals surface area contributed by atoms with Gasteiger partial charge in [-0.2, -0.15) is 12.6 Å². The summed E-state index contributed by atoms with van der Waals surface area (Å²) in [6, 6.07) is -3.59. The topological polar surface area (TPSA) is 258 Å². The van der Waals surface area contributed by atoms with Gasteiger partial charge >= 0.3 is 5.97 Å². The van der Waals surface area contributed by atoms with Crippen molar-refractivity contribution < 1.29 is 29.1 Å². The van der Waals surface area contributed by atoms with Gasteiger partial charge in [0, 0.05) is 12.3 Å². The molecule has 14 nitrogen and oxygen atoms in total. The molecule has 0 fully saturated rings. The van der Waals surface area contributed by atoms with Crippen LogP contribution in [0.5, 0.6) is 0 Å². The summed E-state index contributed by atoms with van der Waals surface area (Å²) in [5, 5.41) is 15.7. The molecular weight excluding hydrogens is 420 g/mol. The van der Waals surface area contributed by atoms with Crippen LogP contribution in [0.2, 0.25) is 0 Å². The van der Waals surface area contributed by atoms with Crippen LogP contribution in [-0.4, -0.2) is 77.6 Å². The van der Waals surface area contributed by atoms with Gasteiger partial charge in [0.2, 0.25) is 23.6 Å². The van der Waals surface area contributed by atoms with Gasteiger partial charge in [-0.1, -0.05) is 0 Å². The average Bonchev–Trinajstić information content (AvgIpc) is 2.65. The first kappa shape index (κ1) is 26.9. The van der Waals surface area contributed by atoms with Crippen molar-refractivity contribution in [2.24, 2.45) is 27.9 Å². The van der Waals surface area contributed by atoms with Crippen LogP contribution in [0.15, 0.2) is 4.99 Å². The number of primary amides is 1. The van der Waals surface area contributed by atoms with Crippen LogP contribution in [0, 0.1) is 0 Å². The molecule has 0 bridgehead atoms. The van der Waals surface area contributed by atoms with E-state index in [2.05, 4.69) is 33.6 Å². The van der Waals surface area contributed by atoms with E-state index in [0.717, 1.165) is 0 Å². The van der Waals surface area contributed by atoms with Gasteiger partial charge in [-0.25, -0.2) is 4.79 Å². The number of rotatable bonds is 14. The van der Waals surface area contributed by atoms with E-state index < -0.39 is 60.7 Å². The van der Waals surface area contributed by atoms with Crippen molar-refractivity contribution in [3.05, 3.63) is 0 Å². The van der Waals surface area contributed by atoms with Gasteiger partial charge < -0.3 is 44.0 Å². The number of thiol groups is 1. The number of aliphatic carboxylic acids is 1. The van der Waals surface area contributed by atoms with E-state index in [0.29, 0.717) is 6.42 Å². The summed E-state index contributed by atoms with van der Waals surface area (Å²) in [6.07, 6.45) is -0.0290. The maximum absolute atomic E-state index is 12.4. The van der Waals surface area contributed by atoms with Crippen molar-refractivity contribution in [3.8, 4) is 0 Å². The Bertz CT molecular complexity index is 670. The van der Waals surface area contributed by atoms with Gasteiger partial charge in [0.1, 0.15) is 12.1 Å². The van der Waals surface area contributed by atoms with Crippen molar-refractivity contribution in [1.29, 1.82) is 0 Å². The summed E-state index contributed by atoms with van der Waals surface area (Å²) in [7, 11) is 0. The Balaban J connectivity index is 4.93. The molecule has 0 aromatic heterocycles. The lowest BCUT2D eigenvalue weighted by atomic mass is 10.1. The molecule has 0 radical (unpaired) electrons. The molecule has 15 heteroatoms. The minimum Gasteiger partial charge on any atom is -0.480 e. The second-order valence-corrected chi connectivity index (χ2v) is 6.51. The quantitative estimate of drug-likeness (QED) is 0.0534. The zero-order valence-corrected chi connectivity index (χ0v) is 17.1. The SMILES string of the molecule is NC(=O)CC(N)C(=O)NC(CCCN=C(N)N)C(=O)NCC(=O)NC(CS)C(=O)O. The minimum atomic E-state index is -1.28. The van der Waals surface area contributed by atoms with Crippen molar-refractivity contribution in [1.82, 2.24) is 16.0 Å². The van der Waals surface area contributed by atoms with Crippen molar-refractivity contribution >= 4 is 48.2 Å². The standard InChI is InChI=1S/C15H28N8O6S/c16-7(4-10(17)24)12(26)23-8(2-1-3-20-15(18)19)13(27)21-5-11(25)22-9(6-30)14(28)29/h7-9,30H,1-6,16H2,(H2,17,24)(H,21,27)(H,22,25)(H,23,26)(H,28,29)(H4,18,19,20). The molecule has 12 N–H and O–H groups in total. The van der Waals surface area contributed by atoms with Crippen LogP contribution in [0.1, 0.15) is 19.3 Å². The van der Waals surface area contributed by atoms with E-state index in [4.69, 9.17) is 28.0 Å². The highest BCUT2D eigenvalue weighted by atomic mass is 32.1. The van der Waals surface area contributed by atoms with Crippen molar-refractivity contribution in [2.75, 3.05) is 18.8 Å². The normalized spacial score (nSPS) is 13.3. The molecule has 30 heavy (non-hydrogen) atoms. The Kier molecular flexibility index (Phi) is 12.6. The number of carbonyl (C=O) groups excluding carboxylic acids is 4. The summed E-state index contributed by atoms with van der Waals surface area (Å²) >= 11 is 3.81. The Labute approximate surface area is 178 Å². The largest absolute Gasteiger partial charge is 0.480 e. The predicted molar refractivity (Wildman–Crippen MR) is 110 cm³/mol. The number of nitrogens with one attached hydrogen (secondary N) is 3. The molecular formula is C15H28N8O6S. The number of nitrogens with zero attached hydrogens (tertiary/aromatic N) is 1. The van der Waals surface area contributed by atoms with E-state index in [1.165, 1.54) is 0 Å².